The molecule has 4 heteroatoms. The minimum Gasteiger partial charge on any atom is -0.287 e. The van der Waals surface area contributed by atoms with E-state index in [1.54, 1.807) is 0 Å². The van der Waals surface area contributed by atoms with Gasteiger partial charge in [0.2, 0.25) is 0 Å². The van der Waals surface area contributed by atoms with E-state index < -0.39 is 8.07 Å². The van der Waals surface area contributed by atoms with Crippen LogP contribution in [0.3, 0.4) is 0 Å². The maximum atomic E-state index is 4.96. The van der Waals surface area contributed by atoms with Crippen LogP contribution in [0.4, 0.5) is 0 Å². The Morgan fingerprint density at radius 3 is 1.65 bits per heavy atom. The van der Waals surface area contributed by atoms with Gasteiger partial charge in [-0.15, -0.1) is 0 Å². The van der Waals surface area contributed by atoms with E-state index in [1.165, 1.54) is 54.3 Å². The van der Waals surface area contributed by atoms with Gasteiger partial charge in [-0.05, 0) is 66.8 Å². The lowest BCUT2D eigenvalue weighted by Crippen LogP contribution is -2.74. The first-order valence-electron chi connectivity index (χ1n) is 16.4. The van der Waals surface area contributed by atoms with Crippen molar-refractivity contribution in [1.82, 2.24) is 9.55 Å². The predicted molar refractivity (Wildman–Crippen MR) is 205 cm³/mol. The topological polar surface area (TPSA) is 17.8 Å². The average molecular weight is 649 g/mol. The third-order valence-electron chi connectivity index (χ3n) is 9.66. The molecule has 0 radical (unpaired) electrons. The van der Waals surface area contributed by atoms with Gasteiger partial charge in [0, 0.05) is 5.75 Å². The van der Waals surface area contributed by atoms with Crippen molar-refractivity contribution < 1.29 is 0 Å². The van der Waals surface area contributed by atoms with Crippen molar-refractivity contribution in [2.75, 3.05) is 0 Å². The first-order valence-corrected chi connectivity index (χ1v) is 19.4. The van der Waals surface area contributed by atoms with Gasteiger partial charge in [0.05, 0.1) is 16.7 Å². The smallest absolute Gasteiger partial charge is 0.179 e. The van der Waals surface area contributed by atoms with Crippen LogP contribution >= 0.6 is 11.8 Å². The van der Waals surface area contributed by atoms with Crippen LogP contribution in [0.25, 0.3) is 39.0 Å². The number of benzene rings is 7. The highest BCUT2D eigenvalue weighted by atomic mass is 32.2. The van der Waals surface area contributed by atoms with Crippen molar-refractivity contribution in [3.8, 4) is 27.9 Å². The number of thioether (sulfide) groups is 1. The first-order chi connectivity index (χ1) is 23.8. The predicted octanol–water partition coefficient (Wildman–Crippen LogP) is 8.34. The zero-order valence-electron chi connectivity index (χ0n) is 26.3. The van der Waals surface area contributed by atoms with Gasteiger partial charge in [-0.25, -0.2) is 4.98 Å². The lowest BCUT2D eigenvalue weighted by molar-refractivity contribution is 0.895. The standard InChI is InChI=1S/C44H32N2SSi/c1-4-14-32(15-5-1)33-16-12-22-39(28-33)48(37-18-6-2-7-19-37,38-20-8-3-9-21-38)40-23-13-17-34(29-40)35-26-27-36-31-47-44-45-41-24-10-11-25-42(41)46(44)43(36)30-35/h1-30H,31H2. The summed E-state index contributed by atoms with van der Waals surface area (Å²) < 4.78 is 2.34. The second kappa shape index (κ2) is 12.0. The van der Waals surface area contributed by atoms with Gasteiger partial charge in [0.25, 0.3) is 0 Å². The fourth-order valence-corrected chi connectivity index (χ4v) is 13.3. The zero-order chi connectivity index (χ0) is 31.9. The normalized spacial score (nSPS) is 12.4. The summed E-state index contributed by atoms with van der Waals surface area (Å²) in [4.78, 5) is 4.96. The molecule has 8 aromatic rings. The summed E-state index contributed by atoms with van der Waals surface area (Å²) in [6.07, 6.45) is 0. The van der Waals surface area contributed by atoms with Crippen molar-refractivity contribution in [2.24, 2.45) is 0 Å². The maximum Gasteiger partial charge on any atom is 0.179 e. The Morgan fingerprint density at radius 1 is 0.458 bits per heavy atom. The molecule has 0 saturated carbocycles. The number of rotatable bonds is 6. The quantitative estimate of drug-likeness (QED) is 0.133. The Labute approximate surface area is 286 Å². The summed E-state index contributed by atoms with van der Waals surface area (Å²) in [5, 5.41) is 6.54. The van der Waals surface area contributed by atoms with E-state index in [1.807, 2.05) is 11.8 Å². The van der Waals surface area contributed by atoms with E-state index in [-0.39, 0.29) is 0 Å². The number of aromatic nitrogens is 2. The molecule has 48 heavy (non-hydrogen) atoms. The highest BCUT2D eigenvalue weighted by molar-refractivity contribution is 7.98. The SMILES string of the molecule is c1ccc(-c2cccc([Si](c3ccccc3)(c3ccccc3)c3cccc(-c4ccc5c(c4)-n4c(nc6ccccc64)SC5)c3)c2)cc1. The molecule has 7 aromatic carbocycles. The Kier molecular flexibility index (Phi) is 7.18. The number of hydrogen-bond donors (Lipinski definition) is 0. The molecule has 1 aliphatic heterocycles. The summed E-state index contributed by atoms with van der Waals surface area (Å²) in [5.74, 6) is 0.925. The minimum absolute atomic E-state index is 0.925. The second-order valence-electron chi connectivity index (χ2n) is 12.4. The first kappa shape index (κ1) is 28.8. The average Bonchev–Trinajstić information content (AvgIpc) is 3.56. The molecule has 0 fully saturated rings. The van der Waals surface area contributed by atoms with Crippen LogP contribution < -0.4 is 20.7 Å². The van der Waals surface area contributed by atoms with E-state index in [0.717, 1.165) is 21.9 Å². The monoisotopic (exact) mass is 648 g/mol. The van der Waals surface area contributed by atoms with Crippen molar-refractivity contribution in [3.63, 3.8) is 0 Å². The molecule has 0 unspecified atom stereocenters. The van der Waals surface area contributed by atoms with Crippen LogP contribution in [0, 0.1) is 0 Å². The number of para-hydroxylation sites is 2. The fourth-order valence-electron chi connectivity index (χ4n) is 7.42. The molecule has 2 heterocycles. The number of hydrogen-bond acceptors (Lipinski definition) is 2. The molecule has 228 valence electrons. The molecule has 0 atom stereocenters. The van der Waals surface area contributed by atoms with Crippen LogP contribution in [0.1, 0.15) is 5.56 Å². The Morgan fingerprint density at radius 2 is 0.979 bits per heavy atom. The summed E-state index contributed by atoms with van der Waals surface area (Å²) in [5.41, 5.74) is 9.68. The van der Waals surface area contributed by atoms with Gasteiger partial charge >= 0.3 is 0 Å². The third kappa shape index (κ3) is 4.76. The maximum absolute atomic E-state index is 4.96. The molecule has 0 N–H and O–H groups in total. The van der Waals surface area contributed by atoms with Gasteiger partial charge in [0.1, 0.15) is 0 Å². The van der Waals surface area contributed by atoms with E-state index in [4.69, 9.17) is 4.98 Å². The molecule has 0 bridgehead atoms. The summed E-state index contributed by atoms with van der Waals surface area (Å²) in [6.45, 7) is 0. The summed E-state index contributed by atoms with van der Waals surface area (Å²) in [7, 11) is -2.76. The third-order valence-corrected chi connectivity index (χ3v) is 15.4. The summed E-state index contributed by atoms with van der Waals surface area (Å²) in [6, 6.07) is 67.2. The Balaban J connectivity index is 1.27. The number of fused-ring (bicyclic) bond motifs is 5. The molecule has 0 spiro atoms. The zero-order valence-corrected chi connectivity index (χ0v) is 28.1. The minimum atomic E-state index is -2.76. The highest BCUT2D eigenvalue weighted by Crippen LogP contribution is 2.38. The molecule has 0 aliphatic carbocycles. The van der Waals surface area contributed by atoms with Gasteiger partial charge in [-0.1, -0.05) is 176 Å². The van der Waals surface area contributed by atoms with Crippen LogP contribution in [-0.2, 0) is 5.75 Å². The van der Waals surface area contributed by atoms with E-state index in [0.29, 0.717) is 0 Å². The van der Waals surface area contributed by atoms with E-state index in [9.17, 15) is 0 Å². The molecule has 0 amide bonds. The van der Waals surface area contributed by atoms with Crippen LogP contribution in [0.15, 0.2) is 187 Å². The fraction of sp³-hybridized carbons (Fsp3) is 0.0227. The van der Waals surface area contributed by atoms with Gasteiger partial charge in [-0.3, -0.25) is 4.57 Å². The van der Waals surface area contributed by atoms with Crippen molar-refractivity contribution >= 4 is 51.6 Å². The van der Waals surface area contributed by atoms with Crippen molar-refractivity contribution in [2.45, 2.75) is 10.9 Å². The highest BCUT2D eigenvalue weighted by Gasteiger charge is 2.41. The largest absolute Gasteiger partial charge is 0.287 e. The lowest BCUT2D eigenvalue weighted by atomic mass is 10.0. The molecular weight excluding hydrogens is 617 g/mol. The van der Waals surface area contributed by atoms with Crippen molar-refractivity contribution in [3.05, 3.63) is 188 Å². The van der Waals surface area contributed by atoms with Gasteiger partial charge in [0.15, 0.2) is 13.2 Å². The molecule has 9 rings (SSSR count). The van der Waals surface area contributed by atoms with Crippen LogP contribution in [-0.4, -0.2) is 17.6 Å². The van der Waals surface area contributed by atoms with Gasteiger partial charge in [-0.2, -0.15) is 0 Å². The Hall–Kier alpha value is -5.42. The molecular formula is C44H32N2SSi. The summed E-state index contributed by atoms with van der Waals surface area (Å²) >= 11 is 1.81. The second-order valence-corrected chi connectivity index (χ2v) is 17.1. The number of nitrogens with zero attached hydrogens (tertiary/aromatic N) is 2. The molecule has 2 nitrogen and oxygen atoms in total. The molecule has 0 saturated heterocycles. The molecule has 1 aliphatic rings. The van der Waals surface area contributed by atoms with Crippen LogP contribution in [0.2, 0.25) is 0 Å². The van der Waals surface area contributed by atoms with Crippen LogP contribution in [0.5, 0.6) is 0 Å². The lowest BCUT2D eigenvalue weighted by Gasteiger charge is -2.35. The van der Waals surface area contributed by atoms with E-state index in [2.05, 4.69) is 187 Å². The molecule has 1 aromatic heterocycles. The van der Waals surface area contributed by atoms with E-state index >= 15 is 0 Å². The van der Waals surface area contributed by atoms with Gasteiger partial charge < -0.3 is 0 Å². The Bertz CT molecular complexity index is 2360. The van der Waals surface area contributed by atoms with Crippen molar-refractivity contribution in [1.29, 1.82) is 0 Å². The number of imidazole rings is 1.